The molecule has 3 rings (SSSR count). The number of aromatic nitrogens is 2. The number of carbonyl (C=O) groups is 4. The Labute approximate surface area is 232 Å². The second-order valence-electron chi connectivity index (χ2n) is 9.95. The van der Waals surface area contributed by atoms with Crippen LogP contribution in [0.1, 0.15) is 38.4 Å². The number of nitrogens with zero attached hydrogens (tertiary/aromatic N) is 2. The standard InChI is InChI=1S/C29H35N5O6/c1-19(2)15-29(27(37)38,28(39)40-17-21-10-6-4-7-11-21)34(23-12-8-5-9-13-23)26(36)24(33-25(35)20(3)30)14-22-16-31-18-32-22/h4-13,16,18-20,24H,14-15,17,30H2,1-3H3,(H,31,32)(H,33,35)(H,37,38)/t20-,24-,29-/m0/s1. The lowest BCUT2D eigenvalue weighted by atomic mass is 9.85. The second-order valence-corrected chi connectivity index (χ2v) is 9.95. The zero-order valence-corrected chi connectivity index (χ0v) is 22.7. The first-order valence-electron chi connectivity index (χ1n) is 12.9. The van der Waals surface area contributed by atoms with Crippen molar-refractivity contribution in [2.24, 2.45) is 11.7 Å². The fourth-order valence-corrected chi connectivity index (χ4v) is 4.35. The van der Waals surface area contributed by atoms with Gasteiger partial charge < -0.3 is 25.9 Å². The van der Waals surface area contributed by atoms with E-state index in [4.69, 9.17) is 10.5 Å². The molecule has 0 unspecified atom stereocenters. The monoisotopic (exact) mass is 549 g/mol. The minimum Gasteiger partial charge on any atom is -0.479 e. The summed E-state index contributed by atoms with van der Waals surface area (Å²) in [6.45, 7) is 4.76. The lowest BCUT2D eigenvalue weighted by Gasteiger charge is -2.41. The number of carbonyl (C=O) groups excluding carboxylic acids is 3. The van der Waals surface area contributed by atoms with E-state index in [9.17, 15) is 24.3 Å². The van der Waals surface area contributed by atoms with E-state index in [-0.39, 0.29) is 31.1 Å². The number of hydrogen-bond acceptors (Lipinski definition) is 7. The van der Waals surface area contributed by atoms with Gasteiger partial charge in [-0.2, -0.15) is 0 Å². The molecule has 0 saturated carbocycles. The van der Waals surface area contributed by atoms with Gasteiger partial charge in [-0.05, 0) is 37.0 Å². The fraction of sp³-hybridized carbons (Fsp3) is 0.345. The van der Waals surface area contributed by atoms with Gasteiger partial charge in [0.25, 0.3) is 5.91 Å². The lowest BCUT2D eigenvalue weighted by Crippen LogP contribution is -2.67. The molecule has 2 amide bonds. The Hall–Kier alpha value is -4.51. The number of nitrogens with one attached hydrogen (secondary N) is 2. The van der Waals surface area contributed by atoms with Crippen molar-refractivity contribution in [3.05, 3.63) is 84.4 Å². The van der Waals surface area contributed by atoms with E-state index in [1.165, 1.54) is 25.4 Å². The number of hydrogen-bond donors (Lipinski definition) is 4. The molecule has 11 nitrogen and oxygen atoms in total. The SMILES string of the molecule is CC(C)C[C@](C(=O)O)(C(=O)OCc1ccccc1)N(C(=O)[C@H](Cc1c[nH]cn1)NC(=O)[C@H](C)N)c1ccccc1. The zero-order chi connectivity index (χ0) is 29.3. The quantitative estimate of drug-likeness (QED) is 0.186. The smallest absolute Gasteiger partial charge is 0.344 e. The maximum atomic E-state index is 14.4. The molecule has 1 heterocycles. The number of carboxylic acids is 1. The maximum absolute atomic E-state index is 14.4. The van der Waals surface area contributed by atoms with E-state index >= 15 is 0 Å². The highest BCUT2D eigenvalue weighted by molar-refractivity contribution is 6.16. The summed E-state index contributed by atoms with van der Waals surface area (Å²) in [5.41, 5.74) is 4.54. The van der Waals surface area contributed by atoms with Crippen molar-refractivity contribution in [1.29, 1.82) is 0 Å². The number of anilines is 1. The molecule has 3 aromatic rings. The predicted octanol–water partition coefficient (Wildman–Crippen LogP) is 2.43. The Bertz CT molecular complexity index is 1280. The van der Waals surface area contributed by atoms with E-state index in [0.717, 1.165) is 4.90 Å². The van der Waals surface area contributed by atoms with Gasteiger partial charge in [0, 0.05) is 18.3 Å². The van der Waals surface area contributed by atoms with Gasteiger partial charge in [-0.15, -0.1) is 0 Å². The van der Waals surface area contributed by atoms with E-state index in [1.54, 1.807) is 68.6 Å². The molecule has 0 spiro atoms. The Kier molecular flexibility index (Phi) is 10.2. The number of aromatic amines is 1. The fourth-order valence-electron chi connectivity index (χ4n) is 4.35. The summed E-state index contributed by atoms with van der Waals surface area (Å²) >= 11 is 0. The molecule has 212 valence electrons. The van der Waals surface area contributed by atoms with Gasteiger partial charge in [0.1, 0.15) is 12.6 Å². The van der Waals surface area contributed by atoms with Crippen molar-refractivity contribution < 1.29 is 29.0 Å². The Balaban J connectivity index is 2.15. The van der Waals surface area contributed by atoms with Crippen LogP contribution in [0, 0.1) is 5.92 Å². The molecule has 0 radical (unpaired) electrons. The van der Waals surface area contributed by atoms with E-state index < -0.39 is 41.4 Å². The van der Waals surface area contributed by atoms with Gasteiger partial charge in [-0.25, -0.2) is 14.6 Å². The molecule has 1 aromatic heterocycles. The first-order valence-corrected chi connectivity index (χ1v) is 12.9. The summed E-state index contributed by atoms with van der Waals surface area (Å²) in [6, 6.07) is 14.6. The molecule has 0 bridgehead atoms. The molecule has 0 fully saturated rings. The minimum absolute atomic E-state index is 0.0828. The van der Waals surface area contributed by atoms with Crippen LogP contribution in [-0.4, -0.2) is 56.5 Å². The molecule has 0 aliphatic heterocycles. The molecule has 0 saturated heterocycles. The summed E-state index contributed by atoms with van der Waals surface area (Å²) in [4.78, 5) is 62.0. The van der Waals surface area contributed by atoms with Gasteiger partial charge in [0.15, 0.2) is 0 Å². The van der Waals surface area contributed by atoms with Crippen LogP contribution in [-0.2, 0) is 36.9 Å². The predicted molar refractivity (Wildman–Crippen MR) is 148 cm³/mol. The summed E-state index contributed by atoms with van der Waals surface area (Å²) in [5, 5.41) is 13.3. The summed E-state index contributed by atoms with van der Waals surface area (Å²) < 4.78 is 5.58. The van der Waals surface area contributed by atoms with Crippen molar-refractivity contribution in [2.75, 3.05) is 4.90 Å². The first-order chi connectivity index (χ1) is 19.1. The number of rotatable bonds is 13. The Morgan fingerprint density at radius 2 is 1.68 bits per heavy atom. The van der Waals surface area contributed by atoms with Crippen molar-refractivity contribution in [2.45, 2.75) is 57.8 Å². The number of para-hydroxylation sites is 1. The number of ether oxygens (including phenoxy) is 1. The molecule has 11 heteroatoms. The normalized spacial score (nSPS) is 14.0. The Morgan fingerprint density at radius 1 is 1.05 bits per heavy atom. The average Bonchev–Trinajstić information content (AvgIpc) is 3.44. The van der Waals surface area contributed by atoms with Crippen LogP contribution < -0.4 is 16.0 Å². The number of imidazole rings is 1. The minimum atomic E-state index is -2.45. The van der Waals surface area contributed by atoms with Crippen LogP contribution in [0.3, 0.4) is 0 Å². The van der Waals surface area contributed by atoms with Crippen LogP contribution in [0.25, 0.3) is 0 Å². The van der Waals surface area contributed by atoms with E-state index in [2.05, 4.69) is 15.3 Å². The van der Waals surface area contributed by atoms with Gasteiger partial charge in [0.05, 0.1) is 18.1 Å². The number of H-pyrrole nitrogens is 1. The van der Waals surface area contributed by atoms with Crippen molar-refractivity contribution in [1.82, 2.24) is 15.3 Å². The van der Waals surface area contributed by atoms with Gasteiger partial charge >= 0.3 is 11.9 Å². The van der Waals surface area contributed by atoms with Crippen molar-refractivity contribution in [3.63, 3.8) is 0 Å². The number of benzene rings is 2. The summed E-state index contributed by atoms with van der Waals surface area (Å²) in [7, 11) is 0. The largest absolute Gasteiger partial charge is 0.479 e. The number of amides is 2. The molecule has 2 aromatic carbocycles. The van der Waals surface area contributed by atoms with E-state index in [0.29, 0.717) is 11.3 Å². The van der Waals surface area contributed by atoms with Gasteiger partial charge in [-0.1, -0.05) is 62.4 Å². The van der Waals surface area contributed by atoms with Crippen molar-refractivity contribution in [3.8, 4) is 0 Å². The van der Waals surface area contributed by atoms with Crippen LogP contribution in [0.5, 0.6) is 0 Å². The summed E-state index contributed by atoms with van der Waals surface area (Å²) in [5.74, 6) is -4.47. The van der Waals surface area contributed by atoms with Crippen molar-refractivity contribution >= 4 is 29.4 Å². The zero-order valence-electron chi connectivity index (χ0n) is 22.7. The van der Waals surface area contributed by atoms with Crippen LogP contribution >= 0.6 is 0 Å². The third kappa shape index (κ3) is 7.11. The molecule has 5 N–H and O–H groups in total. The lowest BCUT2D eigenvalue weighted by molar-refractivity contribution is -0.164. The van der Waals surface area contributed by atoms with Crippen LogP contribution in [0.15, 0.2) is 73.2 Å². The Morgan fingerprint density at radius 3 is 2.20 bits per heavy atom. The highest BCUT2D eigenvalue weighted by atomic mass is 16.5. The van der Waals surface area contributed by atoms with Crippen LogP contribution in [0.2, 0.25) is 0 Å². The highest BCUT2D eigenvalue weighted by Crippen LogP contribution is 2.33. The van der Waals surface area contributed by atoms with E-state index in [1.807, 2.05) is 0 Å². The molecule has 0 aliphatic carbocycles. The molecule has 0 aliphatic rings. The first kappa shape index (κ1) is 30.0. The number of aliphatic carboxylic acids is 1. The van der Waals surface area contributed by atoms with Crippen LogP contribution in [0.4, 0.5) is 5.69 Å². The number of nitrogens with two attached hydrogens (primary N) is 1. The second kappa shape index (κ2) is 13.5. The maximum Gasteiger partial charge on any atom is 0.344 e. The third-order valence-electron chi connectivity index (χ3n) is 6.22. The molecular formula is C29H35N5O6. The molecule has 3 atom stereocenters. The number of esters is 1. The molecule has 40 heavy (non-hydrogen) atoms. The highest BCUT2D eigenvalue weighted by Gasteiger charge is 2.57. The number of carboxylic acid groups (broad SMARTS) is 1. The van der Waals surface area contributed by atoms with Gasteiger partial charge in [0.2, 0.25) is 11.4 Å². The third-order valence-corrected chi connectivity index (χ3v) is 6.22. The average molecular weight is 550 g/mol. The molecular weight excluding hydrogens is 514 g/mol. The topological polar surface area (TPSA) is 168 Å². The summed E-state index contributed by atoms with van der Waals surface area (Å²) in [6.07, 6.45) is 2.63. The van der Waals surface area contributed by atoms with Gasteiger partial charge in [-0.3, -0.25) is 14.5 Å².